The van der Waals surface area contributed by atoms with Crippen molar-refractivity contribution in [2.45, 2.75) is 32.3 Å². The number of rotatable bonds is 11. The molecule has 3 rings (SSSR count). The fourth-order valence-corrected chi connectivity index (χ4v) is 3.24. The number of unbranched alkanes of at least 4 members (excludes halogenated alkanes) is 2. The lowest BCUT2D eigenvalue weighted by Gasteiger charge is -2.21. The fourth-order valence-electron chi connectivity index (χ4n) is 3.24. The molecule has 1 heterocycles. The van der Waals surface area contributed by atoms with Gasteiger partial charge in [-0.3, -0.25) is 10.0 Å². The standard InChI is InChI=1S/C23H28N4O4/c1-27(17-11-13-18(30-2)14-12-17)23-19-8-5-6-9-20(19)24-21(25-23)16-31-15-7-3-4-10-22(28)26-29/h5-6,8-9,11-14,29H,3-4,7,10,15-16H2,1-2H3,(H,26,28). The molecule has 0 aliphatic heterocycles. The van der Waals surface area contributed by atoms with Crippen LogP contribution in [0.4, 0.5) is 11.5 Å². The zero-order chi connectivity index (χ0) is 22.1. The van der Waals surface area contributed by atoms with E-state index in [0.29, 0.717) is 31.9 Å². The molecule has 0 radical (unpaired) electrons. The van der Waals surface area contributed by atoms with Crippen molar-refractivity contribution >= 4 is 28.3 Å². The summed E-state index contributed by atoms with van der Waals surface area (Å²) in [6.45, 7) is 0.867. The normalized spacial score (nSPS) is 10.8. The van der Waals surface area contributed by atoms with Gasteiger partial charge in [-0.2, -0.15) is 0 Å². The monoisotopic (exact) mass is 424 g/mol. The smallest absolute Gasteiger partial charge is 0.243 e. The number of hydrogen-bond donors (Lipinski definition) is 2. The average molecular weight is 425 g/mol. The number of methoxy groups -OCH3 is 1. The first-order valence-corrected chi connectivity index (χ1v) is 10.3. The fraction of sp³-hybridized carbons (Fsp3) is 0.348. The van der Waals surface area contributed by atoms with Crippen LogP contribution < -0.4 is 15.1 Å². The molecule has 0 atom stereocenters. The Morgan fingerprint density at radius 2 is 1.84 bits per heavy atom. The number of ether oxygens (including phenoxy) is 2. The van der Waals surface area contributed by atoms with E-state index in [4.69, 9.17) is 19.7 Å². The van der Waals surface area contributed by atoms with Crippen LogP contribution in [0.25, 0.3) is 10.9 Å². The molecule has 0 bridgehead atoms. The number of amides is 1. The molecule has 0 fully saturated rings. The van der Waals surface area contributed by atoms with Crippen molar-refractivity contribution in [1.82, 2.24) is 15.4 Å². The number of hydroxylamine groups is 1. The lowest BCUT2D eigenvalue weighted by molar-refractivity contribution is -0.129. The maximum absolute atomic E-state index is 11.0. The second kappa shape index (κ2) is 11.2. The van der Waals surface area contributed by atoms with E-state index in [1.807, 2.05) is 60.5 Å². The summed E-state index contributed by atoms with van der Waals surface area (Å²) in [5.74, 6) is 1.87. The van der Waals surface area contributed by atoms with E-state index in [1.54, 1.807) is 12.6 Å². The van der Waals surface area contributed by atoms with Gasteiger partial charge in [0.15, 0.2) is 5.82 Å². The van der Waals surface area contributed by atoms with E-state index in [-0.39, 0.29) is 5.91 Å². The molecule has 0 spiro atoms. The molecule has 1 aromatic heterocycles. The van der Waals surface area contributed by atoms with Crippen LogP contribution in [0.5, 0.6) is 5.75 Å². The molecule has 8 nitrogen and oxygen atoms in total. The zero-order valence-corrected chi connectivity index (χ0v) is 17.9. The summed E-state index contributed by atoms with van der Waals surface area (Å²) >= 11 is 0. The SMILES string of the molecule is COc1ccc(N(C)c2nc(COCCCCCC(=O)NO)nc3ccccc23)cc1. The highest BCUT2D eigenvalue weighted by molar-refractivity contribution is 5.91. The number of para-hydroxylation sites is 1. The van der Waals surface area contributed by atoms with Gasteiger partial charge in [0, 0.05) is 31.1 Å². The molecule has 164 valence electrons. The zero-order valence-electron chi connectivity index (χ0n) is 17.9. The number of hydrogen-bond acceptors (Lipinski definition) is 7. The average Bonchev–Trinajstić information content (AvgIpc) is 2.82. The van der Waals surface area contributed by atoms with Gasteiger partial charge in [0.25, 0.3) is 0 Å². The summed E-state index contributed by atoms with van der Waals surface area (Å²) in [5, 5.41) is 9.45. The van der Waals surface area contributed by atoms with E-state index < -0.39 is 0 Å². The number of carbonyl (C=O) groups excluding carboxylic acids is 1. The van der Waals surface area contributed by atoms with Gasteiger partial charge in [-0.15, -0.1) is 0 Å². The molecule has 1 amide bonds. The van der Waals surface area contributed by atoms with E-state index in [9.17, 15) is 4.79 Å². The first kappa shape index (κ1) is 22.5. The van der Waals surface area contributed by atoms with Crippen molar-refractivity contribution in [3.8, 4) is 5.75 Å². The molecular formula is C23H28N4O4. The lowest BCUT2D eigenvalue weighted by atomic mass is 10.2. The van der Waals surface area contributed by atoms with Crippen LogP contribution in [0, 0.1) is 0 Å². The predicted octanol–water partition coefficient (Wildman–Crippen LogP) is 3.99. The minimum Gasteiger partial charge on any atom is -0.497 e. The Hall–Kier alpha value is -3.23. The Morgan fingerprint density at radius 1 is 1.06 bits per heavy atom. The molecular weight excluding hydrogens is 396 g/mol. The number of carbonyl (C=O) groups is 1. The van der Waals surface area contributed by atoms with Gasteiger partial charge in [-0.1, -0.05) is 18.6 Å². The van der Waals surface area contributed by atoms with Crippen LogP contribution in [0.3, 0.4) is 0 Å². The maximum Gasteiger partial charge on any atom is 0.243 e. The van der Waals surface area contributed by atoms with E-state index in [2.05, 4.69) is 4.98 Å². The summed E-state index contributed by atoms with van der Waals surface area (Å²) < 4.78 is 11.0. The number of fused-ring (bicyclic) bond motifs is 1. The Bertz CT molecular complexity index is 995. The Morgan fingerprint density at radius 3 is 2.58 bits per heavy atom. The van der Waals surface area contributed by atoms with Gasteiger partial charge in [0.05, 0.1) is 12.6 Å². The lowest BCUT2D eigenvalue weighted by Crippen LogP contribution is -2.17. The van der Waals surface area contributed by atoms with Crippen LogP contribution >= 0.6 is 0 Å². The second-order valence-corrected chi connectivity index (χ2v) is 7.14. The topological polar surface area (TPSA) is 96.8 Å². The number of nitrogens with one attached hydrogen (secondary N) is 1. The summed E-state index contributed by atoms with van der Waals surface area (Å²) in [6.07, 6.45) is 2.69. The van der Waals surface area contributed by atoms with E-state index in [0.717, 1.165) is 41.0 Å². The van der Waals surface area contributed by atoms with Gasteiger partial charge in [-0.25, -0.2) is 15.4 Å². The first-order chi connectivity index (χ1) is 15.1. The van der Waals surface area contributed by atoms with Gasteiger partial charge in [-0.05, 0) is 49.2 Å². The largest absolute Gasteiger partial charge is 0.497 e. The highest BCUT2D eigenvalue weighted by Gasteiger charge is 2.13. The highest BCUT2D eigenvalue weighted by atomic mass is 16.5. The van der Waals surface area contributed by atoms with Crippen LogP contribution in [-0.4, -0.2) is 41.8 Å². The van der Waals surface area contributed by atoms with Gasteiger partial charge >= 0.3 is 0 Å². The third-order valence-electron chi connectivity index (χ3n) is 4.96. The number of benzene rings is 2. The van der Waals surface area contributed by atoms with Crippen molar-refractivity contribution in [1.29, 1.82) is 0 Å². The molecule has 2 N–H and O–H groups in total. The summed E-state index contributed by atoms with van der Waals surface area (Å²) in [5.41, 5.74) is 3.49. The molecule has 0 saturated heterocycles. The highest BCUT2D eigenvalue weighted by Crippen LogP contribution is 2.29. The molecule has 0 unspecified atom stereocenters. The van der Waals surface area contributed by atoms with E-state index in [1.165, 1.54) is 0 Å². The van der Waals surface area contributed by atoms with Gasteiger partial charge in [0.1, 0.15) is 18.2 Å². The Labute approximate surface area is 181 Å². The molecule has 0 aliphatic rings. The van der Waals surface area contributed by atoms with Crippen molar-refractivity contribution in [3.05, 3.63) is 54.4 Å². The number of anilines is 2. The van der Waals surface area contributed by atoms with Gasteiger partial charge in [0.2, 0.25) is 5.91 Å². The van der Waals surface area contributed by atoms with Crippen LogP contribution in [0.1, 0.15) is 31.5 Å². The van der Waals surface area contributed by atoms with Gasteiger partial charge < -0.3 is 14.4 Å². The third-order valence-corrected chi connectivity index (χ3v) is 4.96. The quantitative estimate of drug-likeness (QED) is 0.273. The molecule has 2 aromatic carbocycles. The van der Waals surface area contributed by atoms with Crippen molar-refractivity contribution in [3.63, 3.8) is 0 Å². The molecule has 0 saturated carbocycles. The minimum atomic E-state index is -0.362. The van der Waals surface area contributed by atoms with E-state index >= 15 is 0 Å². The third kappa shape index (κ3) is 6.13. The molecule has 0 aliphatic carbocycles. The second-order valence-electron chi connectivity index (χ2n) is 7.14. The number of nitrogens with zero attached hydrogens (tertiary/aromatic N) is 3. The maximum atomic E-state index is 11.0. The number of aromatic nitrogens is 2. The Balaban J connectivity index is 1.67. The van der Waals surface area contributed by atoms with Crippen LogP contribution in [-0.2, 0) is 16.1 Å². The van der Waals surface area contributed by atoms with Crippen molar-refractivity contribution in [2.24, 2.45) is 0 Å². The molecule has 8 heteroatoms. The van der Waals surface area contributed by atoms with Crippen LogP contribution in [0.2, 0.25) is 0 Å². The molecule has 3 aromatic rings. The Kier molecular flexibility index (Phi) is 8.14. The minimum absolute atomic E-state index is 0.311. The molecule has 31 heavy (non-hydrogen) atoms. The first-order valence-electron chi connectivity index (χ1n) is 10.3. The summed E-state index contributed by atoms with van der Waals surface area (Å²) in [6, 6.07) is 15.7. The van der Waals surface area contributed by atoms with Crippen LogP contribution in [0.15, 0.2) is 48.5 Å². The predicted molar refractivity (Wildman–Crippen MR) is 119 cm³/mol. The van der Waals surface area contributed by atoms with Crippen molar-refractivity contribution < 1.29 is 19.5 Å². The van der Waals surface area contributed by atoms with Crippen molar-refractivity contribution in [2.75, 3.05) is 25.7 Å². The summed E-state index contributed by atoms with van der Waals surface area (Å²) in [7, 11) is 3.62. The summed E-state index contributed by atoms with van der Waals surface area (Å²) in [4.78, 5) is 22.4.